The molecule has 6 heteroatoms. The minimum Gasteiger partial charge on any atom is -0.365 e. The van der Waals surface area contributed by atoms with Gasteiger partial charge in [0, 0.05) is 24.2 Å². The van der Waals surface area contributed by atoms with Crippen molar-refractivity contribution in [2.45, 2.75) is 0 Å². The van der Waals surface area contributed by atoms with Gasteiger partial charge in [-0.1, -0.05) is 0 Å². The molecule has 0 aromatic carbocycles. The Balaban J connectivity index is 2.29. The number of rotatable bonds is 2. The van der Waals surface area contributed by atoms with Crippen LogP contribution < -0.4 is 5.73 Å². The Morgan fingerprint density at radius 2 is 1.94 bits per heavy atom. The summed E-state index contributed by atoms with van der Waals surface area (Å²) in [5.41, 5.74) is 7.81. The molecule has 0 unspecified atom stereocenters. The third-order valence-electron chi connectivity index (χ3n) is 2.64. The van der Waals surface area contributed by atoms with Gasteiger partial charge < -0.3 is 5.73 Å². The van der Waals surface area contributed by atoms with Gasteiger partial charge in [-0.3, -0.25) is 9.78 Å². The number of carbonyl (C=O) groups is 1. The van der Waals surface area contributed by atoms with E-state index in [1.54, 1.807) is 23.1 Å². The van der Waals surface area contributed by atoms with Crippen LogP contribution in [-0.4, -0.2) is 25.5 Å². The summed E-state index contributed by atoms with van der Waals surface area (Å²) in [6, 6.07) is 5.54. The molecule has 0 aliphatic carbocycles. The van der Waals surface area contributed by atoms with Crippen LogP contribution in [0.3, 0.4) is 0 Å². The fourth-order valence-corrected chi connectivity index (χ4v) is 1.81. The van der Waals surface area contributed by atoms with Crippen molar-refractivity contribution in [2.24, 2.45) is 5.73 Å². The van der Waals surface area contributed by atoms with Gasteiger partial charge in [0.1, 0.15) is 5.56 Å². The van der Waals surface area contributed by atoms with Gasteiger partial charge in [-0.25, -0.2) is 9.50 Å². The first-order chi connectivity index (χ1) is 8.77. The molecule has 0 atom stereocenters. The summed E-state index contributed by atoms with van der Waals surface area (Å²) in [5.74, 6) is -0.538. The van der Waals surface area contributed by atoms with Crippen LogP contribution in [0.4, 0.5) is 0 Å². The highest BCUT2D eigenvalue weighted by Gasteiger charge is 2.13. The molecule has 6 nitrogen and oxygen atoms in total. The predicted molar refractivity (Wildman–Crippen MR) is 64.7 cm³/mol. The predicted octanol–water partition coefficient (Wildman–Crippen LogP) is 0.890. The molecule has 3 rings (SSSR count). The third-order valence-corrected chi connectivity index (χ3v) is 2.64. The average Bonchev–Trinajstić information content (AvgIpc) is 2.83. The van der Waals surface area contributed by atoms with Gasteiger partial charge in [-0.15, -0.1) is 0 Å². The molecule has 3 heterocycles. The second-order valence-electron chi connectivity index (χ2n) is 3.72. The molecule has 88 valence electrons. The first-order valence-corrected chi connectivity index (χ1v) is 5.30. The summed E-state index contributed by atoms with van der Waals surface area (Å²) in [6.07, 6.45) is 6.44. The van der Waals surface area contributed by atoms with Crippen molar-refractivity contribution < 1.29 is 4.79 Å². The fourth-order valence-electron chi connectivity index (χ4n) is 1.81. The number of primary amides is 1. The topological polar surface area (TPSA) is 86.2 Å². The summed E-state index contributed by atoms with van der Waals surface area (Å²) in [6.45, 7) is 0. The molecule has 0 aliphatic heterocycles. The maximum Gasteiger partial charge on any atom is 0.254 e. The van der Waals surface area contributed by atoms with Gasteiger partial charge in [-0.05, 0) is 18.2 Å². The second kappa shape index (κ2) is 3.92. The minimum absolute atomic E-state index is 0.311. The lowest BCUT2D eigenvalue weighted by Crippen LogP contribution is -2.11. The summed E-state index contributed by atoms with van der Waals surface area (Å²) in [7, 11) is 0. The molecule has 0 aliphatic rings. The molecular formula is C12H9N5O. The van der Waals surface area contributed by atoms with E-state index in [0.717, 1.165) is 11.3 Å². The van der Waals surface area contributed by atoms with Crippen LogP contribution in [0.25, 0.3) is 16.9 Å². The molecule has 0 spiro atoms. The number of carbonyl (C=O) groups excluding carboxylic acids is 1. The number of amides is 1. The molecule has 0 saturated heterocycles. The Labute approximate surface area is 102 Å². The molecule has 3 aromatic rings. The van der Waals surface area contributed by atoms with E-state index in [4.69, 9.17) is 5.73 Å². The van der Waals surface area contributed by atoms with Crippen molar-refractivity contribution >= 4 is 11.6 Å². The minimum atomic E-state index is -0.538. The lowest BCUT2D eigenvalue weighted by atomic mass is 10.2. The Bertz CT molecular complexity index is 720. The first kappa shape index (κ1) is 10.4. The van der Waals surface area contributed by atoms with Gasteiger partial charge in [-0.2, -0.15) is 5.10 Å². The average molecular weight is 239 g/mol. The monoisotopic (exact) mass is 239 g/mol. The summed E-state index contributed by atoms with van der Waals surface area (Å²) >= 11 is 0. The maximum atomic E-state index is 11.2. The highest BCUT2D eigenvalue weighted by molar-refractivity contribution is 5.98. The fraction of sp³-hybridized carbons (Fsp3) is 0. The number of aromatic nitrogens is 4. The zero-order valence-corrected chi connectivity index (χ0v) is 9.32. The molecule has 0 radical (unpaired) electrons. The molecule has 0 fully saturated rings. The highest BCUT2D eigenvalue weighted by Crippen LogP contribution is 2.19. The quantitative estimate of drug-likeness (QED) is 0.719. The van der Waals surface area contributed by atoms with E-state index in [-0.39, 0.29) is 0 Å². The third kappa shape index (κ3) is 1.51. The SMILES string of the molecule is NC(=O)c1cnn2c(-c3ccncc3)ccnc12. The van der Waals surface area contributed by atoms with Crippen molar-refractivity contribution in [3.63, 3.8) is 0 Å². The van der Waals surface area contributed by atoms with Crippen LogP contribution in [0.5, 0.6) is 0 Å². The molecule has 0 saturated carbocycles. The molecule has 1 amide bonds. The van der Waals surface area contributed by atoms with Gasteiger partial charge in [0.25, 0.3) is 5.91 Å². The number of hydrogen-bond acceptors (Lipinski definition) is 4. The van der Waals surface area contributed by atoms with E-state index in [0.29, 0.717) is 11.2 Å². The van der Waals surface area contributed by atoms with E-state index in [1.807, 2.05) is 18.2 Å². The van der Waals surface area contributed by atoms with Crippen LogP contribution >= 0.6 is 0 Å². The van der Waals surface area contributed by atoms with Gasteiger partial charge in [0.15, 0.2) is 5.65 Å². The molecular weight excluding hydrogens is 230 g/mol. The van der Waals surface area contributed by atoms with E-state index < -0.39 is 5.91 Å². The van der Waals surface area contributed by atoms with Crippen molar-refractivity contribution in [3.05, 3.63) is 48.5 Å². The zero-order chi connectivity index (χ0) is 12.5. The van der Waals surface area contributed by atoms with E-state index in [1.165, 1.54) is 6.20 Å². The Kier molecular flexibility index (Phi) is 2.26. The van der Waals surface area contributed by atoms with Crippen LogP contribution in [0, 0.1) is 0 Å². The summed E-state index contributed by atoms with van der Waals surface area (Å²) in [5, 5.41) is 4.15. The Hall–Kier alpha value is -2.76. The smallest absolute Gasteiger partial charge is 0.254 e. The van der Waals surface area contributed by atoms with Gasteiger partial charge in [0.05, 0.1) is 11.9 Å². The number of hydrogen-bond donors (Lipinski definition) is 1. The lowest BCUT2D eigenvalue weighted by molar-refractivity contribution is 0.100. The van der Waals surface area contributed by atoms with Crippen LogP contribution in [0.1, 0.15) is 10.4 Å². The Morgan fingerprint density at radius 1 is 1.17 bits per heavy atom. The molecule has 0 bridgehead atoms. The van der Waals surface area contributed by atoms with E-state index >= 15 is 0 Å². The van der Waals surface area contributed by atoms with E-state index in [9.17, 15) is 4.79 Å². The van der Waals surface area contributed by atoms with Gasteiger partial charge >= 0.3 is 0 Å². The summed E-state index contributed by atoms with van der Waals surface area (Å²) < 4.78 is 1.59. The van der Waals surface area contributed by atoms with Crippen LogP contribution in [0.2, 0.25) is 0 Å². The summed E-state index contributed by atoms with van der Waals surface area (Å²) in [4.78, 5) is 19.3. The lowest BCUT2D eigenvalue weighted by Gasteiger charge is -2.03. The van der Waals surface area contributed by atoms with Crippen LogP contribution in [-0.2, 0) is 0 Å². The van der Waals surface area contributed by atoms with Crippen molar-refractivity contribution in [1.29, 1.82) is 0 Å². The standard InChI is InChI=1S/C12H9N5O/c13-11(18)9-7-16-17-10(3-6-15-12(9)17)8-1-4-14-5-2-8/h1-7H,(H2,13,18). The molecule has 3 aromatic heterocycles. The van der Waals surface area contributed by atoms with Crippen molar-refractivity contribution in [3.8, 4) is 11.3 Å². The number of fused-ring (bicyclic) bond motifs is 1. The first-order valence-electron chi connectivity index (χ1n) is 5.30. The normalized spacial score (nSPS) is 10.7. The largest absolute Gasteiger partial charge is 0.365 e. The van der Waals surface area contributed by atoms with Crippen LogP contribution in [0.15, 0.2) is 43.0 Å². The number of nitrogens with two attached hydrogens (primary N) is 1. The zero-order valence-electron chi connectivity index (χ0n) is 9.32. The molecule has 2 N–H and O–H groups in total. The Morgan fingerprint density at radius 3 is 2.67 bits per heavy atom. The highest BCUT2D eigenvalue weighted by atomic mass is 16.1. The van der Waals surface area contributed by atoms with Crippen molar-refractivity contribution in [2.75, 3.05) is 0 Å². The van der Waals surface area contributed by atoms with Crippen molar-refractivity contribution in [1.82, 2.24) is 19.6 Å². The van der Waals surface area contributed by atoms with E-state index in [2.05, 4.69) is 15.1 Å². The maximum absolute atomic E-state index is 11.2. The van der Waals surface area contributed by atoms with Gasteiger partial charge in [0.2, 0.25) is 0 Å². The number of nitrogens with zero attached hydrogens (tertiary/aromatic N) is 4. The molecule has 18 heavy (non-hydrogen) atoms. The number of pyridine rings is 1. The second-order valence-corrected chi connectivity index (χ2v) is 3.72.